The monoisotopic (exact) mass is 404 g/mol. The highest BCUT2D eigenvalue weighted by molar-refractivity contribution is 6.31. The fourth-order valence-corrected chi connectivity index (χ4v) is 3.96. The fraction of sp³-hybridized carbons (Fsp3) is 0.200. The third kappa shape index (κ3) is 4.47. The molecule has 0 atom stereocenters. The van der Waals surface area contributed by atoms with Crippen LogP contribution < -0.4 is 10.1 Å². The zero-order valence-electron chi connectivity index (χ0n) is 16.6. The van der Waals surface area contributed by atoms with Crippen molar-refractivity contribution < 1.29 is 4.74 Å². The van der Waals surface area contributed by atoms with Crippen molar-refractivity contribution in [2.75, 3.05) is 13.7 Å². The third-order valence-corrected chi connectivity index (χ3v) is 5.62. The Hall–Kier alpha value is -2.75. The summed E-state index contributed by atoms with van der Waals surface area (Å²) in [6, 6.07) is 24.8. The maximum Gasteiger partial charge on any atom is 0.122 e. The van der Waals surface area contributed by atoms with Crippen molar-refractivity contribution >= 4 is 22.5 Å². The second kappa shape index (κ2) is 9.17. The van der Waals surface area contributed by atoms with Crippen molar-refractivity contribution in [2.24, 2.45) is 0 Å². The Kier molecular flexibility index (Phi) is 6.18. The first-order valence-corrected chi connectivity index (χ1v) is 10.3. The average molecular weight is 405 g/mol. The van der Waals surface area contributed by atoms with Gasteiger partial charge >= 0.3 is 0 Å². The summed E-state index contributed by atoms with van der Waals surface area (Å²) >= 11 is 6.38. The van der Waals surface area contributed by atoms with Gasteiger partial charge in [-0.05, 0) is 47.9 Å². The Morgan fingerprint density at radius 3 is 2.41 bits per heavy atom. The Bertz CT molecular complexity index is 1100. The van der Waals surface area contributed by atoms with Gasteiger partial charge in [-0.25, -0.2) is 0 Å². The molecule has 0 aliphatic rings. The van der Waals surface area contributed by atoms with Crippen molar-refractivity contribution in [3.8, 4) is 5.75 Å². The van der Waals surface area contributed by atoms with E-state index in [9.17, 15) is 0 Å². The summed E-state index contributed by atoms with van der Waals surface area (Å²) in [6.07, 6.45) is 3.17. The minimum atomic E-state index is 0.765. The van der Waals surface area contributed by atoms with Gasteiger partial charge in [0, 0.05) is 35.2 Å². The van der Waals surface area contributed by atoms with Gasteiger partial charge in [-0.1, -0.05) is 66.2 Å². The molecule has 0 radical (unpaired) electrons. The van der Waals surface area contributed by atoms with Gasteiger partial charge in [0.1, 0.15) is 5.75 Å². The van der Waals surface area contributed by atoms with Crippen LogP contribution >= 0.6 is 11.6 Å². The van der Waals surface area contributed by atoms with Crippen LogP contribution in [0.2, 0.25) is 5.02 Å². The van der Waals surface area contributed by atoms with Crippen LogP contribution in [0.25, 0.3) is 10.9 Å². The van der Waals surface area contributed by atoms with E-state index in [0.717, 1.165) is 42.4 Å². The number of hydrogen-bond donors (Lipinski definition) is 1. The number of halogens is 1. The van der Waals surface area contributed by atoms with E-state index in [-0.39, 0.29) is 0 Å². The molecule has 4 rings (SSSR count). The third-order valence-electron chi connectivity index (χ3n) is 5.25. The first kappa shape index (κ1) is 19.6. The van der Waals surface area contributed by atoms with Crippen LogP contribution in [-0.2, 0) is 19.5 Å². The number of para-hydroxylation sites is 2. The lowest BCUT2D eigenvalue weighted by molar-refractivity contribution is 0.409. The molecule has 0 aliphatic carbocycles. The summed E-state index contributed by atoms with van der Waals surface area (Å²) in [5.41, 5.74) is 4.89. The standard InChI is InChI=1S/C25H25ClN2O/c1-29-25-13-7-3-8-19(25)14-15-27-16-21-18-28(24-12-6-4-10-22(21)24)17-20-9-2-5-11-23(20)26/h2-13,18,27H,14-17H2,1H3. The van der Waals surface area contributed by atoms with Gasteiger partial charge in [0.25, 0.3) is 0 Å². The number of rotatable bonds is 8. The Morgan fingerprint density at radius 2 is 1.59 bits per heavy atom. The topological polar surface area (TPSA) is 26.2 Å². The molecule has 1 N–H and O–H groups in total. The van der Waals surface area contributed by atoms with E-state index in [1.165, 1.54) is 22.0 Å². The molecule has 3 nitrogen and oxygen atoms in total. The van der Waals surface area contributed by atoms with E-state index >= 15 is 0 Å². The van der Waals surface area contributed by atoms with Crippen LogP contribution in [-0.4, -0.2) is 18.2 Å². The SMILES string of the molecule is COc1ccccc1CCNCc1cn(Cc2ccccc2Cl)c2ccccc12. The van der Waals surface area contributed by atoms with Gasteiger partial charge < -0.3 is 14.6 Å². The number of benzene rings is 3. The molecule has 1 heterocycles. The van der Waals surface area contributed by atoms with Crippen molar-refractivity contribution in [2.45, 2.75) is 19.5 Å². The molecule has 0 bridgehead atoms. The van der Waals surface area contributed by atoms with E-state index in [1.54, 1.807) is 7.11 Å². The molecule has 0 spiro atoms. The molecule has 0 aliphatic heterocycles. The number of methoxy groups -OCH3 is 1. The van der Waals surface area contributed by atoms with E-state index in [2.05, 4.69) is 58.5 Å². The van der Waals surface area contributed by atoms with Crippen molar-refractivity contribution in [3.63, 3.8) is 0 Å². The average Bonchev–Trinajstić information content (AvgIpc) is 3.11. The van der Waals surface area contributed by atoms with Crippen LogP contribution in [0.5, 0.6) is 5.75 Å². The molecule has 29 heavy (non-hydrogen) atoms. The highest BCUT2D eigenvalue weighted by Crippen LogP contribution is 2.24. The number of nitrogens with one attached hydrogen (secondary N) is 1. The van der Waals surface area contributed by atoms with E-state index in [0.29, 0.717) is 0 Å². The quantitative estimate of drug-likeness (QED) is 0.382. The maximum absolute atomic E-state index is 6.38. The number of nitrogens with zero attached hydrogens (tertiary/aromatic N) is 1. The van der Waals surface area contributed by atoms with Crippen molar-refractivity contribution in [1.29, 1.82) is 0 Å². The predicted octanol–water partition coefficient (Wildman–Crippen LogP) is 5.68. The summed E-state index contributed by atoms with van der Waals surface area (Å²) in [5, 5.41) is 5.68. The van der Waals surface area contributed by atoms with Crippen LogP contribution in [0.4, 0.5) is 0 Å². The molecule has 4 heteroatoms. The summed E-state index contributed by atoms with van der Waals surface area (Å²) in [6.45, 7) is 2.48. The lowest BCUT2D eigenvalue weighted by Crippen LogP contribution is -2.16. The number of aromatic nitrogens is 1. The van der Waals surface area contributed by atoms with Crippen molar-refractivity contribution in [3.05, 3.63) is 101 Å². The molecule has 0 amide bonds. The zero-order valence-corrected chi connectivity index (χ0v) is 17.3. The van der Waals surface area contributed by atoms with Crippen LogP contribution in [0, 0.1) is 0 Å². The molecule has 4 aromatic rings. The van der Waals surface area contributed by atoms with E-state index in [1.807, 2.05) is 30.3 Å². The minimum Gasteiger partial charge on any atom is -0.496 e. The normalized spacial score (nSPS) is 11.1. The van der Waals surface area contributed by atoms with E-state index < -0.39 is 0 Å². The fourth-order valence-electron chi connectivity index (χ4n) is 3.76. The Morgan fingerprint density at radius 1 is 0.862 bits per heavy atom. The van der Waals surface area contributed by atoms with Gasteiger partial charge in [0.2, 0.25) is 0 Å². The summed E-state index contributed by atoms with van der Waals surface area (Å²) in [4.78, 5) is 0. The van der Waals surface area contributed by atoms with Crippen molar-refractivity contribution in [1.82, 2.24) is 9.88 Å². The second-order valence-electron chi connectivity index (χ2n) is 7.13. The summed E-state index contributed by atoms with van der Waals surface area (Å²) < 4.78 is 7.73. The van der Waals surface area contributed by atoms with Gasteiger partial charge in [0.15, 0.2) is 0 Å². The summed E-state index contributed by atoms with van der Waals surface area (Å²) in [7, 11) is 1.72. The summed E-state index contributed by atoms with van der Waals surface area (Å²) in [5.74, 6) is 0.950. The first-order chi connectivity index (χ1) is 14.3. The minimum absolute atomic E-state index is 0.765. The first-order valence-electron chi connectivity index (χ1n) is 9.89. The zero-order chi connectivity index (χ0) is 20.1. The number of ether oxygens (including phenoxy) is 1. The lowest BCUT2D eigenvalue weighted by atomic mass is 10.1. The smallest absolute Gasteiger partial charge is 0.122 e. The van der Waals surface area contributed by atoms with Gasteiger partial charge in [0.05, 0.1) is 7.11 Å². The predicted molar refractivity (Wildman–Crippen MR) is 121 cm³/mol. The van der Waals surface area contributed by atoms with Crippen LogP contribution in [0.15, 0.2) is 79.0 Å². The molecular weight excluding hydrogens is 380 g/mol. The van der Waals surface area contributed by atoms with Crippen LogP contribution in [0.1, 0.15) is 16.7 Å². The molecule has 0 saturated heterocycles. The molecule has 0 unspecified atom stereocenters. The Labute approximate surface area is 176 Å². The Balaban J connectivity index is 1.47. The molecule has 0 fully saturated rings. The largest absolute Gasteiger partial charge is 0.496 e. The van der Waals surface area contributed by atoms with Gasteiger partial charge in [-0.3, -0.25) is 0 Å². The number of hydrogen-bond acceptors (Lipinski definition) is 2. The maximum atomic E-state index is 6.38. The molecule has 3 aromatic carbocycles. The van der Waals surface area contributed by atoms with Crippen LogP contribution in [0.3, 0.4) is 0 Å². The molecule has 1 aromatic heterocycles. The highest BCUT2D eigenvalue weighted by Gasteiger charge is 2.10. The number of fused-ring (bicyclic) bond motifs is 1. The highest BCUT2D eigenvalue weighted by atomic mass is 35.5. The van der Waals surface area contributed by atoms with Gasteiger partial charge in [-0.15, -0.1) is 0 Å². The second-order valence-corrected chi connectivity index (χ2v) is 7.54. The molecular formula is C25H25ClN2O. The lowest BCUT2D eigenvalue weighted by Gasteiger charge is -2.09. The molecule has 148 valence electrons. The van der Waals surface area contributed by atoms with Gasteiger partial charge in [-0.2, -0.15) is 0 Å². The van der Waals surface area contributed by atoms with E-state index in [4.69, 9.17) is 16.3 Å². The molecule has 0 saturated carbocycles.